The number of carboxylic acid groups (broad SMARTS) is 1. The zero-order valence-corrected chi connectivity index (χ0v) is 17.0. The van der Waals surface area contributed by atoms with E-state index >= 15 is 0 Å². The van der Waals surface area contributed by atoms with Crippen LogP contribution >= 0.6 is 11.8 Å². The number of aliphatic carboxylic acids is 1. The van der Waals surface area contributed by atoms with Gasteiger partial charge >= 0.3 is 5.97 Å². The highest BCUT2D eigenvalue weighted by Gasteiger charge is 2.41. The van der Waals surface area contributed by atoms with Crippen molar-refractivity contribution in [2.24, 2.45) is 0 Å². The molecule has 11 nitrogen and oxygen atoms in total. The van der Waals surface area contributed by atoms with Gasteiger partial charge < -0.3 is 35.2 Å². The van der Waals surface area contributed by atoms with Crippen LogP contribution in [0.5, 0.6) is 17.2 Å². The standard InChI is InChI=1S/C18H19NO10S/c1-6(20)19-8(18(26)27)5-30-4-7-11(21)9-10(13(23)12(7)22)15(25)17(29-3)16(28-2)14(9)24/h8,21-23H,4-5H2,1-3H3,(H,19,20)(H,26,27)/t8-/m0/s1. The van der Waals surface area contributed by atoms with Gasteiger partial charge in [0, 0.05) is 18.4 Å². The molecule has 0 saturated heterocycles. The number of aromatic hydroxyl groups is 3. The minimum absolute atomic E-state index is 0.143. The first-order chi connectivity index (χ1) is 14.1. The van der Waals surface area contributed by atoms with Crippen LogP contribution in [-0.2, 0) is 24.8 Å². The maximum absolute atomic E-state index is 12.7. The smallest absolute Gasteiger partial charge is 0.327 e. The van der Waals surface area contributed by atoms with Gasteiger partial charge in [0.2, 0.25) is 29.0 Å². The number of fused-ring (bicyclic) bond motifs is 1. The number of amides is 1. The highest BCUT2D eigenvalue weighted by atomic mass is 32.2. The van der Waals surface area contributed by atoms with Crippen LogP contribution in [0.25, 0.3) is 0 Å². The second-order valence-corrected chi connectivity index (χ2v) is 7.14. The molecule has 0 unspecified atom stereocenters. The van der Waals surface area contributed by atoms with E-state index in [4.69, 9.17) is 14.6 Å². The highest BCUT2D eigenvalue weighted by Crippen LogP contribution is 2.47. The molecule has 0 aliphatic heterocycles. The summed E-state index contributed by atoms with van der Waals surface area (Å²) >= 11 is 0.895. The van der Waals surface area contributed by atoms with Crippen LogP contribution in [0, 0.1) is 0 Å². The number of hydrogen-bond acceptors (Lipinski definition) is 10. The van der Waals surface area contributed by atoms with E-state index in [1.807, 2.05) is 0 Å². The van der Waals surface area contributed by atoms with Gasteiger partial charge in [0.15, 0.2) is 11.5 Å². The van der Waals surface area contributed by atoms with Crippen molar-refractivity contribution in [3.63, 3.8) is 0 Å². The largest absolute Gasteiger partial charge is 0.507 e. The summed E-state index contributed by atoms with van der Waals surface area (Å²) in [6.07, 6.45) is 0. The first-order valence-electron chi connectivity index (χ1n) is 8.35. The molecule has 0 radical (unpaired) electrons. The summed E-state index contributed by atoms with van der Waals surface area (Å²) in [6.45, 7) is 1.15. The highest BCUT2D eigenvalue weighted by molar-refractivity contribution is 7.98. The normalized spacial score (nSPS) is 14.2. The Hall–Kier alpha value is -3.41. The molecule has 12 heteroatoms. The number of thioether (sulfide) groups is 1. The lowest BCUT2D eigenvalue weighted by Crippen LogP contribution is -2.41. The summed E-state index contributed by atoms with van der Waals surface area (Å²) in [5.41, 5.74) is -1.50. The third kappa shape index (κ3) is 3.99. The number of allylic oxidation sites excluding steroid dienone is 2. The number of carbonyl (C=O) groups excluding carboxylic acids is 3. The van der Waals surface area contributed by atoms with Crippen molar-refractivity contribution in [3.8, 4) is 17.2 Å². The topological polar surface area (TPSA) is 180 Å². The van der Waals surface area contributed by atoms with E-state index in [0.717, 1.165) is 32.9 Å². The van der Waals surface area contributed by atoms with Gasteiger partial charge in [-0.1, -0.05) is 0 Å². The van der Waals surface area contributed by atoms with Gasteiger partial charge in [0.05, 0.1) is 30.9 Å². The van der Waals surface area contributed by atoms with Gasteiger partial charge in [-0.15, -0.1) is 0 Å². The Morgan fingerprint density at radius 1 is 0.967 bits per heavy atom. The quantitative estimate of drug-likeness (QED) is 0.280. The average molecular weight is 441 g/mol. The van der Waals surface area contributed by atoms with Crippen molar-refractivity contribution in [1.29, 1.82) is 0 Å². The Morgan fingerprint density at radius 2 is 1.47 bits per heavy atom. The summed E-state index contributed by atoms with van der Waals surface area (Å²) in [4.78, 5) is 47.5. The first kappa shape index (κ1) is 22.9. The lowest BCUT2D eigenvalue weighted by Gasteiger charge is -2.23. The molecule has 30 heavy (non-hydrogen) atoms. The molecular formula is C18H19NO10S. The van der Waals surface area contributed by atoms with Crippen molar-refractivity contribution in [1.82, 2.24) is 5.32 Å². The van der Waals surface area contributed by atoms with Gasteiger partial charge in [-0.05, 0) is 0 Å². The molecule has 1 aromatic rings. The van der Waals surface area contributed by atoms with E-state index in [-0.39, 0.29) is 17.1 Å². The summed E-state index contributed by atoms with van der Waals surface area (Å²) in [5.74, 6) is -7.66. The van der Waals surface area contributed by atoms with Crippen LogP contribution in [0.1, 0.15) is 33.2 Å². The summed E-state index contributed by atoms with van der Waals surface area (Å²) in [6, 6.07) is -1.24. The van der Waals surface area contributed by atoms with E-state index in [9.17, 15) is 34.5 Å². The number of rotatable bonds is 8. The molecule has 0 bridgehead atoms. The Balaban J connectivity index is 2.43. The number of benzene rings is 1. The van der Waals surface area contributed by atoms with E-state index in [2.05, 4.69) is 5.32 Å². The molecule has 2 rings (SSSR count). The second-order valence-electron chi connectivity index (χ2n) is 6.11. The maximum Gasteiger partial charge on any atom is 0.327 e. The molecule has 0 fully saturated rings. The molecule has 1 amide bonds. The first-order valence-corrected chi connectivity index (χ1v) is 9.51. The third-order valence-corrected chi connectivity index (χ3v) is 5.27. The molecule has 1 aliphatic carbocycles. The molecule has 1 aromatic carbocycles. The Kier molecular flexibility index (Phi) is 6.82. The number of hydrogen-bond donors (Lipinski definition) is 5. The zero-order chi connectivity index (χ0) is 22.7. The molecule has 1 atom stereocenters. The van der Waals surface area contributed by atoms with E-state index in [0.29, 0.717) is 0 Å². The predicted octanol–water partition coefficient (Wildman–Crippen LogP) is 0.509. The SMILES string of the molecule is COC1=C(OC)C(=O)c2c(O)c(CSC[C@H](NC(C)=O)C(=O)O)c(O)c(O)c2C1=O. The van der Waals surface area contributed by atoms with Gasteiger partial charge in [-0.25, -0.2) is 4.79 Å². The fourth-order valence-corrected chi connectivity index (χ4v) is 3.90. The Morgan fingerprint density at radius 3 is 1.90 bits per heavy atom. The zero-order valence-electron chi connectivity index (χ0n) is 16.1. The number of phenols is 3. The lowest BCUT2D eigenvalue weighted by atomic mass is 9.88. The molecular weight excluding hydrogens is 422 g/mol. The van der Waals surface area contributed by atoms with Crippen LogP contribution in [0.2, 0.25) is 0 Å². The molecule has 0 spiro atoms. The number of carboxylic acids is 1. The summed E-state index contributed by atoms with van der Waals surface area (Å²) in [5, 5.41) is 42.5. The minimum atomic E-state index is -1.29. The van der Waals surface area contributed by atoms with Gasteiger partial charge in [0.25, 0.3) is 0 Å². The van der Waals surface area contributed by atoms with Gasteiger partial charge in [-0.3, -0.25) is 14.4 Å². The molecule has 5 N–H and O–H groups in total. The number of carbonyl (C=O) groups is 4. The van der Waals surface area contributed by atoms with E-state index < -0.39 is 69.4 Å². The Labute approximate surface area is 174 Å². The lowest BCUT2D eigenvalue weighted by molar-refractivity contribution is -0.140. The fraction of sp³-hybridized carbons (Fsp3) is 0.333. The van der Waals surface area contributed by atoms with Crippen LogP contribution in [0.4, 0.5) is 0 Å². The molecule has 0 aromatic heterocycles. The molecule has 0 saturated carbocycles. The van der Waals surface area contributed by atoms with Crippen molar-refractivity contribution in [2.75, 3.05) is 20.0 Å². The second kappa shape index (κ2) is 8.95. The Bertz CT molecular complexity index is 968. The maximum atomic E-state index is 12.7. The van der Waals surface area contributed by atoms with Crippen LogP contribution in [-0.4, -0.2) is 69.9 Å². The van der Waals surface area contributed by atoms with Gasteiger partial charge in [-0.2, -0.15) is 11.8 Å². The van der Waals surface area contributed by atoms with E-state index in [1.165, 1.54) is 0 Å². The monoisotopic (exact) mass is 441 g/mol. The van der Waals surface area contributed by atoms with Crippen LogP contribution < -0.4 is 5.32 Å². The average Bonchev–Trinajstić information content (AvgIpc) is 2.68. The number of ether oxygens (including phenoxy) is 2. The van der Waals surface area contributed by atoms with Crippen LogP contribution in [0.3, 0.4) is 0 Å². The van der Waals surface area contributed by atoms with Crippen LogP contribution in [0.15, 0.2) is 11.5 Å². The number of methoxy groups -OCH3 is 2. The van der Waals surface area contributed by atoms with Crippen molar-refractivity contribution < 1.29 is 49.1 Å². The molecule has 162 valence electrons. The summed E-state index contributed by atoms with van der Waals surface area (Å²) < 4.78 is 9.75. The van der Waals surface area contributed by atoms with Crippen molar-refractivity contribution in [2.45, 2.75) is 18.7 Å². The minimum Gasteiger partial charge on any atom is -0.507 e. The van der Waals surface area contributed by atoms with E-state index in [1.54, 1.807) is 0 Å². The fourth-order valence-electron chi connectivity index (χ4n) is 2.84. The predicted molar refractivity (Wildman–Crippen MR) is 103 cm³/mol. The third-order valence-electron chi connectivity index (χ3n) is 4.21. The molecule has 0 heterocycles. The van der Waals surface area contributed by atoms with Crippen molar-refractivity contribution in [3.05, 3.63) is 28.2 Å². The number of ketones is 2. The van der Waals surface area contributed by atoms with Gasteiger partial charge in [0.1, 0.15) is 11.8 Å². The number of Topliss-reactive ketones (excluding diaryl/α,β-unsaturated/α-hetero) is 2. The summed E-state index contributed by atoms with van der Waals surface area (Å²) in [7, 11) is 2.23. The number of phenolic OH excluding ortho intramolecular Hbond substituents is 3. The molecule has 1 aliphatic rings. The number of nitrogens with one attached hydrogen (secondary N) is 1. The van der Waals surface area contributed by atoms with Crippen molar-refractivity contribution >= 4 is 35.2 Å².